The normalized spacial score (nSPS) is 11.6. The average Bonchev–Trinajstić information content (AvgIpc) is 2.59. The highest BCUT2D eigenvalue weighted by Crippen LogP contribution is 2.22. The first-order chi connectivity index (χ1) is 12.3. The third kappa shape index (κ3) is 4.85. The fourth-order valence-electron chi connectivity index (χ4n) is 2.46. The van der Waals surface area contributed by atoms with Crippen LogP contribution in [0.3, 0.4) is 0 Å². The van der Waals surface area contributed by atoms with Crippen LogP contribution in [0, 0.1) is 20.8 Å². The molecule has 2 aromatic carbocycles. The number of aryl methyl sites for hydroxylation is 3. The fourth-order valence-corrected chi connectivity index (χ4v) is 2.46. The quantitative estimate of drug-likeness (QED) is 0.789. The van der Waals surface area contributed by atoms with Crippen molar-refractivity contribution in [1.29, 1.82) is 0 Å². The zero-order valence-corrected chi connectivity index (χ0v) is 15.9. The van der Waals surface area contributed by atoms with Crippen molar-refractivity contribution in [1.82, 2.24) is 0 Å². The number of nitrogens with one attached hydrogen (secondary N) is 1. The zero-order valence-electron chi connectivity index (χ0n) is 15.9. The SMILES string of the molecule is CCOC(=O)c1ccc(NC(=O)[C@H](C)Oc2cc(C)ccc2C)c(C)c1. The largest absolute Gasteiger partial charge is 0.481 e. The summed E-state index contributed by atoms with van der Waals surface area (Å²) in [5, 5.41) is 2.85. The van der Waals surface area contributed by atoms with Crippen LogP contribution in [-0.2, 0) is 9.53 Å². The highest BCUT2D eigenvalue weighted by atomic mass is 16.5. The maximum Gasteiger partial charge on any atom is 0.338 e. The third-order valence-electron chi connectivity index (χ3n) is 4.01. The molecule has 5 heteroatoms. The van der Waals surface area contributed by atoms with Gasteiger partial charge in [0.2, 0.25) is 0 Å². The lowest BCUT2D eigenvalue weighted by molar-refractivity contribution is -0.122. The Hall–Kier alpha value is -2.82. The van der Waals surface area contributed by atoms with Gasteiger partial charge in [-0.05, 0) is 75.6 Å². The molecule has 0 saturated heterocycles. The molecular formula is C21H25NO4. The summed E-state index contributed by atoms with van der Waals surface area (Å²) in [6.45, 7) is 9.54. The summed E-state index contributed by atoms with van der Waals surface area (Å²) in [5.41, 5.74) is 3.93. The number of esters is 1. The Morgan fingerprint density at radius 2 is 1.77 bits per heavy atom. The molecule has 0 radical (unpaired) electrons. The lowest BCUT2D eigenvalue weighted by Gasteiger charge is -2.17. The summed E-state index contributed by atoms with van der Waals surface area (Å²) in [6.07, 6.45) is -0.653. The summed E-state index contributed by atoms with van der Waals surface area (Å²) in [6, 6.07) is 10.9. The van der Waals surface area contributed by atoms with E-state index in [0.717, 1.165) is 16.7 Å². The molecule has 0 heterocycles. The van der Waals surface area contributed by atoms with Crippen LogP contribution >= 0.6 is 0 Å². The predicted molar refractivity (Wildman–Crippen MR) is 102 cm³/mol. The summed E-state index contributed by atoms with van der Waals surface area (Å²) in [4.78, 5) is 24.2. The second kappa shape index (κ2) is 8.52. The molecule has 0 aliphatic rings. The smallest absolute Gasteiger partial charge is 0.338 e. The molecule has 0 aliphatic carbocycles. The molecule has 1 N–H and O–H groups in total. The van der Waals surface area contributed by atoms with E-state index < -0.39 is 6.10 Å². The van der Waals surface area contributed by atoms with Gasteiger partial charge in [-0.2, -0.15) is 0 Å². The zero-order chi connectivity index (χ0) is 19.3. The van der Waals surface area contributed by atoms with Crippen LogP contribution in [0.5, 0.6) is 5.75 Å². The van der Waals surface area contributed by atoms with Gasteiger partial charge in [-0.3, -0.25) is 4.79 Å². The molecule has 0 unspecified atom stereocenters. The fraction of sp³-hybridized carbons (Fsp3) is 0.333. The van der Waals surface area contributed by atoms with Crippen LogP contribution in [-0.4, -0.2) is 24.6 Å². The van der Waals surface area contributed by atoms with Crippen LogP contribution < -0.4 is 10.1 Å². The van der Waals surface area contributed by atoms with E-state index in [1.54, 1.807) is 32.0 Å². The minimum atomic E-state index is -0.653. The number of hydrogen-bond acceptors (Lipinski definition) is 4. The molecule has 0 bridgehead atoms. The number of ether oxygens (including phenoxy) is 2. The third-order valence-corrected chi connectivity index (χ3v) is 4.01. The van der Waals surface area contributed by atoms with Gasteiger partial charge in [0.05, 0.1) is 12.2 Å². The number of benzene rings is 2. The highest BCUT2D eigenvalue weighted by molar-refractivity contribution is 5.96. The lowest BCUT2D eigenvalue weighted by Crippen LogP contribution is -2.30. The summed E-state index contributed by atoms with van der Waals surface area (Å²) < 4.78 is 10.8. The molecule has 1 atom stereocenters. The Labute approximate surface area is 154 Å². The second-order valence-corrected chi connectivity index (χ2v) is 6.27. The first kappa shape index (κ1) is 19.5. The van der Waals surface area contributed by atoms with Crippen molar-refractivity contribution in [3.8, 4) is 5.75 Å². The molecule has 1 amide bonds. The Kier molecular flexibility index (Phi) is 6.39. The Morgan fingerprint density at radius 3 is 2.42 bits per heavy atom. The van der Waals surface area contributed by atoms with Gasteiger partial charge in [-0.25, -0.2) is 4.79 Å². The predicted octanol–water partition coefficient (Wildman–Crippen LogP) is 4.19. The molecule has 0 spiro atoms. The van der Waals surface area contributed by atoms with E-state index in [1.807, 2.05) is 39.0 Å². The van der Waals surface area contributed by atoms with Gasteiger partial charge in [0.25, 0.3) is 5.91 Å². The topological polar surface area (TPSA) is 64.6 Å². The van der Waals surface area contributed by atoms with Crippen LogP contribution in [0.1, 0.15) is 40.9 Å². The van der Waals surface area contributed by atoms with Gasteiger partial charge in [-0.1, -0.05) is 12.1 Å². The number of hydrogen-bond donors (Lipinski definition) is 1. The molecule has 138 valence electrons. The van der Waals surface area contributed by atoms with E-state index in [-0.39, 0.29) is 11.9 Å². The van der Waals surface area contributed by atoms with E-state index in [9.17, 15) is 9.59 Å². The minimum absolute atomic E-state index is 0.252. The van der Waals surface area contributed by atoms with Crippen molar-refractivity contribution in [2.24, 2.45) is 0 Å². The minimum Gasteiger partial charge on any atom is -0.481 e. The van der Waals surface area contributed by atoms with Crippen LogP contribution in [0.2, 0.25) is 0 Å². The molecule has 5 nitrogen and oxygen atoms in total. The van der Waals surface area contributed by atoms with E-state index in [1.165, 1.54) is 0 Å². The van der Waals surface area contributed by atoms with Gasteiger partial charge in [0.1, 0.15) is 5.75 Å². The van der Waals surface area contributed by atoms with Crippen molar-refractivity contribution >= 4 is 17.6 Å². The van der Waals surface area contributed by atoms with Crippen LogP contribution in [0.25, 0.3) is 0 Å². The van der Waals surface area contributed by atoms with E-state index in [0.29, 0.717) is 23.6 Å². The Morgan fingerprint density at radius 1 is 1.04 bits per heavy atom. The molecular weight excluding hydrogens is 330 g/mol. The number of anilines is 1. The van der Waals surface area contributed by atoms with Gasteiger partial charge >= 0.3 is 5.97 Å². The molecule has 2 rings (SSSR count). The number of carbonyl (C=O) groups is 2. The summed E-state index contributed by atoms with van der Waals surface area (Å²) in [5.74, 6) is 0.0695. The van der Waals surface area contributed by atoms with Gasteiger partial charge < -0.3 is 14.8 Å². The number of amides is 1. The maximum absolute atomic E-state index is 12.5. The molecule has 26 heavy (non-hydrogen) atoms. The van der Waals surface area contributed by atoms with Gasteiger partial charge in [-0.15, -0.1) is 0 Å². The Balaban J connectivity index is 2.06. The second-order valence-electron chi connectivity index (χ2n) is 6.27. The van der Waals surface area contributed by atoms with E-state index in [2.05, 4.69) is 5.32 Å². The molecule has 0 aromatic heterocycles. The van der Waals surface area contributed by atoms with Crippen LogP contribution in [0.4, 0.5) is 5.69 Å². The average molecular weight is 355 g/mol. The maximum atomic E-state index is 12.5. The van der Waals surface area contributed by atoms with Crippen molar-refractivity contribution in [2.45, 2.75) is 40.7 Å². The number of rotatable bonds is 6. The van der Waals surface area contributed by atoms with Gasteiger partial charge in [0.15, 0.2) is 6.10 Å². The lowest BCUT2D eigenvalue weighted by atomic mass is 10.1. The molecule has 0 saturated carbocycles. The van der Waals surface area contributed by atoms with Crippen LogP contribution in [0.15, 0.2) is 36.4 Å². The molecule has 2 aromatic rings. The highest BCUT2D eigenvalue weighted by Gasteiger charge is 2.17. The molecule has 0 aliphatic heterocycles. The van der Waals surface area contributed by atoms with Gasteiger partial charge in [0, 0.05) is 5.69 Å². The Bertz CT molecular complexity index is 814. The number of carbonyl (C=O) groups excluding carboxylic acids is 2. The molecule has 0 fully saturated rings. The summed E-state index contributed by atoms with van der Waals surface area (Å²) in [7, 11) is 0. The summed E-state index contributed by atoms with van der Waals surface area (Å²) >= 11 is 0. The van der Waals surface area contributed by atoms with E-state index >= 15 is 0 Å². The van der Waals surface area contributed by atoms with Crippen molar-refractivity contribution < 1.29 is 19.1 Å². The van der Waals surface area contributed by atoms with E-state index in [4.69, 9.17) is 9.47 Å². The van der Waals surface area contributed by atoms with Crippen molar-refractivity contribution in [2.75, 3.05) is 11.9 Å². The standard InChI is InChI=1S/C21H25NO4/c1-6-25-21(24)17-9-10-18(15(4)12-17)22-20(23)16(5)26-19-11-13(2)7-8-14(19)3/h7-12,16H,6H2,1-5H3,(H,22,23)/t16-/m0/s1. The van der Waals surface area contributed by atoms with Crippen molar-refractivity contribution in [3.63, 3.8) is 0 Å². The van der Waals surface area contributed by atoms with Crippen molar-refractivity contribution in [3.05, 3.63) is 58.7 Å². The first-order valence-corrected chi connectivity index (χ1v) is 8.64. The first-order valence-electron chi connectivity index (χ1n) is 8.64. The monoisotopic (exact) mass is 355 g/mol.